The van der Waals surface area contributed by atoms with Gasteiger partial charge in [-0.25, -0.2) is 4.79 Å². The zero-order chi connectivity index (χ0) is 20.9. The van der Waals surface area contributed by atoms with Gasteiger partial charge in [0, 0.05) is 4.90 Å². The molecule has 2 atom stereocenters. The Morgan fingerprint density at radius 2 is 1.70 bits per heavy atom. The van der Waals surface area contributed by atoms with E-state index in [1.54, 1.807) is 0 Å². The fourth-order valence-corrected chi connectivity index (χ4v) is 2.60. The summed E-state index contributed by atoms with van der Waals surface area (Å²) < 4.78 is 49.0. The number of ketones is 1. The van der Waals surface area contributed by atoms with E-state index in [1.165, 1.54) is 0 Å². The van der Waals surface area contributed by atoms with Crippen LogP contribution in [0.3, 0.4) is 0 Å². The molecular weight excluding hydrogens is 375 g/mol. The third-order valence-electron chi connectivity index (χ3n) is 3.72. The van der Waals surface area contributed by atoms with Crippen LogP contribution in [0, 0.1) is 11.1 Å². The molecular formula is C16H16F3NO7. The molecule has 0 bridgehead atoms. The lowest BCUT2D eigenvalue weighted by molar-refractivity contribution is -0.726. The molecule has 8 nitrogen and oxygen atoms in total. The van der Waals surface area contributed by atoms with Crippen molar-refractivity contribution in [2.24, 2.45) is 5.92 Å². The Bertz CT molecular complexity index is 770. The predicted octanol–water partition coefficient (Wildman–Crippen LogP) is 1.68. The van der Waals surface area contributed by atoms with Gasteiger partial charge in [0.15, 0.2) is 0 Å². The van der Waals surface area contributed by atoms with Crippen molar-refractivity contribution in [3.63, 3.8) is 0 Å². The second kappa shape index (κ2) is 8.52. The molecule has 1 N–H and O–H groups in total. The molecule has 1 rings (SSSR count). The first-order valence-corrected chi connectivity index (χ1v) is 7.33. The first-order valence-electron chi connectivity index (χ1n) is 7.33. The van der Waals surface area contributed by atoms with Gasteiger partial charge in [-0.2, -0.15) is 13.2 Å². The summed E-state index contributed by atoms with van der Waals surface area (Å²) in [5.74, 6) is -7.94. The van der Waals surface area contributed by atoms with Crippen LogP contribution in [0.1, 0.15) is 24.0 Å². The monoisotopic (exact) mass is 391 g/mol. The van der Waals surface area contributed by atoms with Crippen LogP contribution >= 0.6 is 0 Å². The maximum absolute atomic E-state index is 13.4. The van der Waals surface area contributed by atoms with Crippen LogP contribution in [-0.4, -0.2) is 47.8 Å². The van der Waals surface area contributed by atoms with Crippen LogP contribution in [-0.2, 0) is 30.0 Å². The molecule has 0 saturated heterocycles. The average Bonchev–Trinajstić information content (AvgIpc) is 2.59. The lowest BCUT2D eigenvalue weighted by Gasteiger charge is -2.24. The summed E-state index contributed by atoms with van der Waals surface area (Å²) in [4.78, 5) is 35.0. The minimum Gasteiger partial charge on any atom is -0.468 e. The molecule has 1 aromatic rings. The summed E-state index contributed by atoms with van der Waals surface area (Å²) in [6, 6.07) is 3.69. The van der Waals surface area contributed by atoms with E-state index in [0.29, 0.717) is 6.07 Å². The van der Waals surface area contributed by atoms with Gasteiger partial charge in [0.2, 0.25) is 0 Å². The third-order valence-corrected chi connectivity index (χ3v) is 3.72. The number of carbonyl (C=O) groups is 3. The van der Waals surface area contributed by atoms with Crippen molar-refractivity contribution in [3.05, 3.63) is 40.6 Å². The molecule has 0 aliphatic carbocycles. The van der Waals surface area contributed by atoms with Crippen LogP contribution in [0.4, 0.5) is 13.2 Å². The molecule has 0 aromatic heterocycles. The highest BCUT2D eigenvalue weighted by Crippen LogP contribution is 2.39. The SMILES string of the molecule is COC(=O)C(C(c1ccccc1C(F)(F)F)C(C(C)=O)C(=O)OC)=[N+]([O-])O. The highest BCUT2D eigenvalue weighted by atomic mass is 19.4. The quantitative estimate of drug-likeness (QED) is 0.196. The lowest BCUT2D eigenvalue weighted by Crippen LogP contribution is -2.41. The van der Waals surface area contributed by atoms with Gasteiger partial charge in [-0.3, -0.25) is 14.8 Å². The first kappa shape index (κ1) is 21.9. The molecule has 11 heteroatoms. The number of carbonyl (C=O) groups excluding carboxylic acids is 3. The topological polar surface area (TPSA) is 116 Å². The highest BCUT2D eigenvalue weighted by Gasteiger charge is 2.49. The van der Waals surface area contributed by atoms with Gasteiger partial charge in [0.1, 0.15) is 17.6 Å². The fourth-order valence-electron chi connectivity index (χ4n) is 2.60. The van der Waals surface area contributed by atoms with E-state index in [9.17, 15) is 38.0 Å². The minimum atomic E-state index is -4.95. The molecule has 0 fully saturated rings. The molecule has 0 saturated carbocycles. The number of nitrogens with zero attached hydrogens (tertiary/aromatic N) is 1. The Labute approximate surface area is 151 Å². The number of benzene rings is 1. The molecule has 27 heavy (non-hydrogen) atoms. The Balaban J connectivity index is 3.92. The van der Waals surface area contributed by atoms with Crippen molar-refractivity contribution in [2.45, 2.75) is 19.0 Å². The molecule has 0 amide bonds. The standard InChI is InChI=1S/C16H16F3NO7/c1-8(21)11(14(22)26-2)12(13(20(24)25)15(23)27-3)9-6-4-5-7-10(9)16(17,18)19/h4-7,11-12H,1-3H3,(H,24,25). The van der Waals surface area contributed by atoms with Crippen LogP contribution in [0.5, 0.6) is 0 Å². The molecule has 1 aromatic carbocycles. The Morgan fingerprint density at radius 1 is 1.15 bits per heavy atom. The lowest BCUT2D eigenvalue weighted by atomic mass is 9.78. The first-order chi connectivity index (χ1) is 12.5. The second-order valence-electron chi connectivity index (χ2n) is 5.32. The van der Waals surface area contributed by atoms with Crippen LogP contribution < -0.4 is 0 Å². The van der Waals surface area contributed by atoms with Crippen LogP contribution in [0.2, 0.25) is 0 Å². The summed E-state index contributed by atoms with van der Waals surface area (Å²) in [6.45, 7) is 0.867. The van der Waals surface area contributed by atoms with Crippen LogP contribution in [0.15, 0.2) is 24.3 Å². The van der Waals surface area contributed by atoms with Gasteiger partial charge in [-0.1, -0.05) is 18.2 Å². The van der Waals surface area contributed by atoms with E-state index >= 15 is 0 Å². The average molecular weight is 391 g/mol. The van der Waals surface area contributed by atoms with E-state index in [0.717, 1.165) is 39.3 Å². The maximum Gasteiger partial charge on any atom is 0.416 e. The Kier molecular flexibility index (Phi) is 6.92. The minimum absolute atomic E-state index is 0.637. The Hall–Kier alpha value is -3.11. The van der Waals surface area contributed by atoms with E-state index in [-0.39, 0.29) is 0 Å². The van der Waals surface area contributed by atoms with E-state index in [1.807, 2.05) is 0 Å². The van der Waals surface area contributed by atoms with Crippen molar-refractivity contribution < 1.29 is 47.1 Å². The number of methoxy groups -OCH3 is 2. The molecule has 148 valence electrons. The largest absolute Gasteiger partial charge is 0.468 e. The van der Waals surface area contributed by atoms with Crippen molar-refractivity contribution >= 4 is 23.4 Å². The smallest absolute Gasteiger partial charge is 0.416 e. The summed E-state index contributed by atoms with van der Waals surface area (Å²) in [5, 5.41) is 20.9. The number of hydrogen-bond acceptors (Lipinski definition) is 7. The molecule has 0 aliphatic heterocycles. The van der Waals surface area contributed by atoms with Crippen molar-refractivity contribution in [1.29, 1.82) is 0 Å². The van der Waals surface area contributed by atoms with Crippen molar-refractivity contribution in [3.8, 4) is 0 Å². The van der Waals surface area contributed by atoms with Crippen LogP contribution in [0.25, 0.3) is 0 Å². The molecule has 0 radical (unpaired) electrons. The molecule has 0 aliphatic rings. The maximum atomic E-state index is 13.4. The van der Waals surface area contributed by atoms with Gasteiger partial charge in [0.05, 0.1) is 19.8 Å². The van der Waals surface area contributed by atoms with Crippen molar-refractivity contribution in [2.75, 3.05) is 14.2 Å². The number of alkyl halides is 3. The van der Waals surface area contributed by atoms with E-state index in [4.69, 9.17) is 0 Å². The zero-order valence-electron chi connectivity index (χ0n) is 14.4. The summed E-state index contributed by atoms with van der Waals surface area (Å²) in [7, 11) is 1.68. The summed E-state index contributed by atoms with van der Waals surface area (Å²) in [5.41, 5.74) is -3.35. The highest BCUT2D eigenvalue weighted by molar-refractivity contribution is 6.37. The van der Waals surface area contributed by atoms with Gasteiger partial charge < -0.3 is 14.7 Å². The van der Waals surface area contributed by atoms with E-state index in [2.05, 4.69) is 9.47 Å². The summed E-state index contributed by atoms with van der Waals surface area (Å²) >= 11 is 0. The van der Waals surface area contributed by atoms with Gasteiger partial charge in [-0.15, -0.1) is 0 Å². The molecule has 2 unspecified atom stereocenters. The van der Waals surface area contributed by atoms with Gasteiger partial charge in [-0.05, 0) is 18.6 Å². The number of ether oxygens (including phenoxy) is 2. The number of Topliss-reactive ketones (excluding diaryl/α,β-unsaturated/α-hetero) is 1. The molecule has 0 heterocycles. The normalized spacial score (nSPS) is 14.6. The second-order valence-corrected chi connectivity index (χ2v) is 5.32. The number of esters is 2. The molecule has 0 spiro atoms. The van der Waals surface area contributed by atoms with Gasteiger partial charge >= 0.3 is 23.8 Å². The number of rotatable bonds is 6. The van der Waals surface area contributed by atoms with Crippen molar-refractivity contribution in [1.82, 2.24) is 0 Å². The number of hydrogen-bond donors (Lipinski definition) is 1. The summed E-state index contributed by atoms with van der Waals surface area (Å²) in [6.07, 6.45) is -4.95. The zero-order valence-corrected chi connectivity index (χ0v) is 14.4. The predicted molar refractivity (Wildman–Crippen MR) is 82.8 cm³/mol. The fraction of sp³-hybridized carbons (Fsp3) is 0.375. The van der Waals surface area contributed by atoms with E-state index < -0.39 is 57.5 Å². The third kappa shape index (κ3) is 4.74. The number of halogens is 3. The Morgan fingerprint density at radius 3 is 2.11 bits per heavy atom. The van der Waals surface area contributed by atoms with Gasteiger partial charge in [0.25, 0.3) is 0 Å².